The van der Waals surface area contributed by atoms with Crippen molar-refractivity contribution < 1.29 is 27.4 Å². The lowest BCUT2D eigenvalue weighted by Gasteiger charge is -2.02. The van der Waals surface area contributed by atoms with Gasteiger partial charge in [0.15, 0.2) is 0 Å². The second-order valence-corrected chi connectivity index (χ2v) is 6.58. The van der Waals surface area contributed by atoms with Gasteiger partial charge in [-0.05, 0) is 41.0 Å². The van der Waals surface area contributed by atoms with E-state index < -0.39 is 16.4 Å². The molecule has 29 heavy (non-hydrogen) atoms. The minimum atomic E-state index is -4.67. The van der Waals surface area contributed by atoms with Crippen LogP contribution in [0.25, 0.3) is 11.1 Å². The van der Waals surface area contributed by atoms with Crippen molar-refractivity contribution in [1.82, 2.24) is 0 Å². The number of nitrogens with one attached hydrogen (secondary N) is 1. The zero-order valence-corrected chi connectivity index (χ0v) is 15.8. The van der Waals surface area contributed by atoms with Gasteiger partial charge in [0.05, 0.1) is 17.5 Å². The maximum atomic E-state index is 10.8. The summed E-state index contributed by atoms with van der Waals surface area (Å²) in [6.45, 7) is 0. The average Bonchev–Trinajstić information content (AvgIpc) is 2.68. The first-order valence-corrected chi connectivity index (χ1v) is 9.60. The summed E-state index contributed by atoms with van der Waals surface area (Å²) in [6, 6.07) is 24.7. The molecule has 150 valence electrons. The average molecular weight is 414 g/mol. The lowest BCUT2D eigenvalue weighted by Crippen LogP contribution is -1.96. The number of nitrogens with zero attached hydrogens (tertiary/aromatic N) is 1. The number of carbonyl (C=O) groups is 1. The molecule has 0 unspecified atom stereocenters. The molecule has 0 saturated heterocycles. The molecule has 0 heterocycles. The molecule has 0 atom stereocenters. The van der Waals surface area contributed by atoms with Gasteiger partial charge in [0.1, 0.15) is 0 Å². The standard InChI is InChI=1S/C20H16N2O2.H2O4S/c23-20(24)18-10-12-19(13-11-18)22-21-14-15-6-8-17(9-7-15)16-4-2-1-3-5-16;1-5(2,3)4/h1-14,22H,(H,23,24);(H2,1,2,3,4)/b21-14+;. The first-order chi connectivity index (χ1) is 13.7. The van der Waals surface area contributed by atoms with Crippen LogP contribution in [-0.4, -0.2) is 34.8 Å². The summed E-state index contributed by atoms with van der Waals surface area (Å²) in [5, 5.41) is 13.0. The Kier molecular flexibility index (Phi) is 7.61. The van der Waals surface area contributed by atoms with Crippen molar-refractivity contribution >= 4 is 28.3 Å². The van der Waals surface area contributed by atoms with Crippen LogP contribution in [0.15, 0.2) is 84.0 Å². The van der Waals surface area contributed by atoms with Gasteiger partial charge in [-0.2, -0.15) is 13.5 Å². The Morgan fingerprint density at radius 3 is 1.86 bits per heavy atom. The molecule has 9 heteroatoms. The molecule has 0 fully saturated rings. The Hall–Kier alpha value is -3.53. The fraction of sp³-hybridized carbons (Fsp3) is 0. The van der Waals surface area contributed by atoms with Crippen LogP contribution >= 0.6 is 0 Å². The molecule has 0 bridgehead atoms. The summed E-state index contributed by atoms with van der Waals surface area (Å²) in [5.74, 6) is -0.941. The van der Waals surface area contributed by atoms with Crippen molar-refractivity contribution in [2.45, 2.75) is 0 Å². The van der Waals surface area contributed by atoms with E-state index >= 15 is 0 Å². The Labute approximate surface area is 167 Å². The fourth-order valence-corrected chi connectivity index (χ4v) is 2.26. The van der Waals surface area contributed by atoms with E-state index in [4.69, 9.17) is 22.6 Å². The molecule has 0 spiro atoms. The van der Waals surface area contributed by atoms with E-state index in [-0.39, 0.29) is 5.56 Å². The Morgan fingerprint density at radius 1 is 0.828 bits per heavy atom. The first-order valence-electron chi connectivity index (χ1n) is 8.20. The number of carboxylic acids is 1. The minimum absolute atomic E-state index is 0.251. The highest BCUT2D eigenvalue weighted by molar-refractivity contribution is 7.79. The Morgan fingerprint density at radius 2 is 1.34 bits per heavy atom. The van der Waals surface area contributed by atoms with Gasteiger partial charge in [0.25, 0.3) is 0 Å². The van der Waals surface area contributed by atoms with E-state index in [1.807, 2.05) is 30.3 Å². The van der Waals surface area contributed by atoms with Crippen molar-refractivity contribution in [3.05, 3.63) is 90.0 Å². The molecule has 3 aromatic carbocycles. The maximum Gasteiger partial charge on any atom is 0.394 e. The highest BCUT2D eigenvalue weighted by atomic mass is 32.3. The van der Waals surface area contributed by atoms with Gasteiger partial charge >= 0.3 is 16.4 Å². The summed E-state index contributed by atoms with van der Waals surface area (Å²) in [4.78, 5) is 10.8. The Bertz CT molecular complexity index is 1060. The van der Waals surface area contributed by atoms with Gasteiger partial charge in [-0.25, -0.2) is 4.79 Å². The van der Waals surface area contributed by atoms with Gasteiger partial charge in [-0.15, -0.1) is 0 Å². The van der Waals surface area contributed by atoms with Crippen LogP contribution in [-0.2, 0) is 10.4 Å². The van der Waals surface area contributed by atoms with Crippen molar-refractivity contribution in [2.24, 2.45) is 5.10 Å². The predicted octanol–water partition coefficient (Wildman–Crippen LogP) is 3.85. The topological polar surface area (TPSA) is 136 Å². The second kappa shape index (κ2) is 10.1. The van der Waals surface area contributed by atoms with Crippen LogP contribution in [0.1, 0.15) is 15.9 Å². The number of hydrogen-bond acceptors (Lipinski definition) is 5. The predicted molar refractivity (Wildman–Crippen MR) is 111 cm³/mol. The molecular formula is C20H18N2O6S. The number of hydrogen-bond donors (Lipinski definition) is 4. The lowest BCUT2D eigenvalue weighted by atomic mass is 10.0. The van der Waals surface area contributed by atoms with Crippen LogP contribution in [0, 0.1) is 0 Å². The molecule has 8 nitrogen and oxygen atoms in total. The summed E-state index contributed by atoms with van der Waals surface area (Å²) < 4.78 is 31.6. The summed E-state index contributed by atoms with van der Waals surface area (Å²) in [7, 11) is -4.67. The molecule has 0 saturated carbocycles. The molecule has 4 N–H and O–H groups in total. The third-order valence-electron chi connectivity index (χ3n) is 3.56. The lowest BCUT2D eigenvalue weighted by molar-refractivity contribution is 0.0697. The van der Waals surface area contributed by atoms with E-state index in [9.17, 15) is 4.79 Å². The van der Waals surface area contributed by atoms with Crippen LogP contribution in [0.4, 0.5) is 5.69 Å². The van der Waals surface area contributed by atoms with E-state index in [0.717, 1.165) is 16.8 Å². The SMILES string of the molecule is O=C(O)c1ccc(N/N=C/c2ccc(-c3ccccc3)cc2)cc1.O=S(=O)(O)O. The van der Waals surface area contributed by atoms with Gasteiger partial charge < -0.3 is 5.11 Å². The third kappa shape index (κ3) is 8.35. The number of carboxylic acid groups (broad SMARTS) is 1. The summed E-state index contributed by atoms with van der Waals surface area (Å²) in [6.07, 6.45) is 1.72. The van der Waals surface area contributed by atoms with Crippen LogP contribution in [0.5, 0.6) is 0 Å². The van der Waals surface area contributed by atoms with Gasteiger partial charge in [-0.3, -0.25) is 14.5 Å². The number of aromatic carboxylic acids is 1. The summed E-state index contributed by atoms with van der Waals surface area (Å²) >= 11 is 0. The van der Waals surface area contributed by atoms with Gasteiger partial charge in [-0.1, -0.05) is 54.6 Å². The van der Waals surface area contributed by atoms with E-state index in [2.05, 4.69) is 34.8 Å². The van der Waals surface area contributed by atoms with E-state index in [1.54, 1.807) is 18.3 Å². The monoisotopic (exact) mass is 414 g/mol. The van der Waals surface area contributed by atoms with Crippen molar-refractivity contribution in [2.75, 3.05) is 5.43 Å². The number of anilines is 1. The van der Waals surface area contributed by atoms with Crippen LogP contribution in [0.3, 0.4) is 0 Å². The molecule has 0 aliphatic rings. The van der Waals surface area contributed by atoms with Crippen LogP contribution in [0.2, 0.25) is 0 Å². The van der Waals surface area contributed by atoms with Crippen molar-refractivity contribution in [3.8, 4) is 11.1 Å². The second-order valence-electron chi connectivity index (χ2n) is 5.69. The van der Waals surface area contributed by atoms with Crippen LogP contribution < -0.4 is 5.43 Å². The maximum absolute atomic E-state index is 10.8. The number of rotatable bonds is 5. The highest BCUT2D eigenvalue weighted by Crippen LogP contribution is 2.18. The number of hydrazone groups is 1. The molecule has 3 aromatic rings. The molecule has 0 radical (unpaired) electrons. The normalized spacial score (nSPS) is 10.8. The summed E-state index contributed by atoms with van der Waals surface area (Å²) in [5.41, 5.74) is 7.18. The fourth-order valence-electron chi connectivity index (χ4n) is 2.26. The first kappa shape index (κ1) is 21.8. The minimum Gasteiger partial charge on any atom is -0.478 e. The Balaban J connectivity index is 0.000000537. The molecule has 0 amide bonds. The molecule has 3 rings (SSSR count). The molecular weight excluding hydrogens is 396 g/mol. The zero-order chi connectivity index (χ0) is 21.3. The third-order valence-corrected chi connectivity index (χ3v) is 3.56. The van der Waals surface area contributed by atoms with E-state index in [0.29, 0.717) is 0 Å². The molecule has 0 aliphatic heterocycles. The highest BCUT2D eigenvalue weighted by Gasteiger charge is 2.00. The van der Waals surface area contributed by atoms with E-state index in [1.165, 1.54) is 17.7 Å². The molecule has 0 aromatic heterocycles. The van der Waals surface area contributed by atoms with Gasteiger partial charge in [0.2, 0.25) is 0 Å². The quantitative estimate of drug-likeness (QED) is 0.283. The molecule has 0 aliphatic carbocycles. The largest absolute Gasteiger partial charge is 0.478 e. The zero-order valence-electron chi connectivity index (χ0n) is 15.0. The number of benzene rings is 3. The van der Waals surface area contributed by atoms with Crippen molar-refractivity contribution in [3.63, 3.8) is 0 Å². The van der Waals surface area contributed by atoms with Crippen molar-refractivity contribution in [1.29, 1.82) is 0 Å². The smallest absolute Gasteiger partial charge is 0.394 e. The van der Waals surface area contributed by atoms with Gasteiger partial charge in [0, 0.05) is 0 Å².